The molecule has 0 fully saturated rings. The van der Waals surface area contributed by atoms with Crippen molar-refractivity contribution >= 4 is 29.1 Å². The Labute approximate surface area is 257 Å². The van der Waals surface area contributed by atoms with Crippen molar-refractivity contribution in [3.05, 3.63) is 87.7 Å². The summed E-state index contributed by atoms with van der Waals surface area (Å²) in [6.45, 7) is 9.78. The lowest BCUT2D eigenvalue weighted by atomic mass is 10.1. The molecule has 0 bridgehead atoms. The number of hydrogen-bond donors (Lipinski definition) is 1. The van der Waals surface area contributed by atoms with Gasteiger partial charge in [-0.1, -0.05) is 32.9 Å². The minimum Gasteiger partial charge on any atom is -0.479 e. The first-order chi connectivity index (χ1) is 20.3. The molecular formula is C32H33F3N2O4S2. The summed E-state index contributed by atoms with van der Waals surface area (Å²) in [5.41, 5.74) is 2.54. The van der Waals surface area contributed by atoms with Crippen molar-refractivity contribution in [2.75, 3.05) is 0 Å². The summed E-state index contributed by atoms with van der Waals surface area (Å²) < 4.78 is 51.2. The standard InChI is InChI=1S/C32H33F3N2O4S2/c1-6-25(31(38)39)41-26-12-11-24(13-19(26)4)42-17-28-22(16-40-29-14-20(5)36-30(37-29)18(2)3)15-27(43-28)21-7-9-23(10-8-21)32(33,34)35/h7-15,18,25H,6,16-17H2,1-5H3,(H,38,39). The van der Waals surface area contributed by atoms with Crippen molar-refractivity contribution in [3.8, 4) is 22.1 Å². The molecule has 4 aromatic rings. The highest BCUT2D eigenvalue weighted by Crippen LogP contribution is 2.38. The highest BCUT2D eigenvalue weighted by atomic mass is 32.2. The van der Waals surface area contributed by atoms with E-state index in [1.165, 1.54) is 23.5 Å². The second-order valence-corrected chi connectivity index (χ2v) is 12.5. The van der Waals surface area contributed by atoms with Gasteiger partial charge in [0, 0.05) is 43.6 Å². The lowest BCUT2D eigenvalue weighted by Crippen LogP contribution is -2.26. The lowest BCUT2D eigenvalue weighted by molar-refractivity contribution is -0.145. The maximum atomic E-state index is 13.1. The van der Waals surface area contributed by atoms with Crippen LogP contribution in [-0.4, -0.2) is 27.1 Å². The van der Waals surface area contributed by atoms with E-state index in [9.17, 15) is 23.1 Å². The first-order valence-electron chi connectivity index (χ1n) is 13.7. The predicted octanol–water partition coefficient (Wildman–Crippen LogP) is 9.08. The van der Waals surface area contributed by atoms with E-state index >= 15 is 0 Å². The van der Waals surface area contributed by atoms with E-state index < -0.39 is 23.8 Å². The number of aryl methyl sites for hydroxylation is 2. The number of carboxylic acids is 1. The van der Waals surface area contributed by atoms with Crippen LogP contribution in [0.15, 0.2) is 59.5 Å². The minimum absolute atomic E-state index is 0.138. The van der Waals surface area contributed by atoms with Crippen molar-refractivity contribution in [1.82, 2.24) is 9.97 Å². The second kappa shape index (κ2) is 13.8. The van der Waals surface area contributed by atoms with Gasteiger partial charge < -0.3 is 14.6 Å². The number of aromatic nitrogens is 2. The average molecular weight is 631 g/mol. The Morgan fingerprint density at radius 1 is 1.05 bits per heavy atom. The van der Waals surface area contributed by atoms with Crippen LogP contribution in [0, 0.1) is 13.8 Å². The van der Waals surface area contributed by atoms with Crippen LogP contribution in [0.5, 0.6) is 11.6 Å². The Morgan fingerprint density at radius 2 is 1.77 bits per heavy atom. The van der Waals surface area contributed by atoms with Gasteiger partial charge in [-0.15, -0.1) is 23.1 Å². The Hall–Kier alpha value is -3.57. The molecule has 1 N–H and O–H groups in total. The van der Waals surface area contributed by atoms with Gasteiger partial charge in [-0.2, -0.15) is 18.2 Å². The summed E-state index contributed by atoms with van der Waals surface area (Å²) >= 11 is 3.10. The van der Waals surface area contributed by atoms with Gasteiger partial charge in [0.05, 0.1) is 5.56 Å². The Bertz CT molecular complexity index is 1570. The van der Waals surface area contributed by atoms with Crippen molar-refractivity contribution in [2.24, 2.45) is 0 Å². The van der Waals surface area contributed by atoms with Gasteiger partial charge >= 0.3 is 12.1 Å². The first-order valence-corrected chi connectivity index (χ1v) is 15.5. The number of thiophene rings is 1. The Balaban J connectivity index is 1.57. The number of halogens is 3. The highest BCUT2D eigenvalue weighted by molar-refractivity contribution is 7.98. The van der Waals surface area contributed by atoms with Crippen molar-refractivity contribution in [3.63, 3.8) is 0 Å². The van der Waals surface area contributed by atoms with E-state index in [-0.39, 0.29) is 12.5 Å². The summed E-state index contributed by atoms with van der Waals surface area (Å²) in [4.78, 5) is 23.2. The Kier molecular flexibility index (Phi) is 10.4. The van der Waals surface area contributed by atoms with Gasteiger partial charge in [0.2, 0.25) is 5.88 Å². The zero-order valence-corrected chi connectivity index (χ0v) is 26.1. The largest absolute Gasteiger partial charge is 0.479 e. The number of carbonyl (C=O) groups is 1. The fourth-order valence-corrected chi connectivity index (χ4v) is 6.47. The molecule has 0 aliphatic heterocycles. The topological polar surface area (TPSA) is 81.5 Å². The van der Waals surface area contributed by atoms with E-state index in [1.54, 1.807) is 30.8 Å². The molecule has 228 valence electrons. The molecule has 2 aromatic carbocycles. The van der Waals surface area contributed by atoms with E-state index in [2.05, 4.69) is 9.97 Å². The molecule has 0 aliphatic rings. The van der Waals surface area contributed by atoms with Gasteiger partial charge in [0.1, 0.15) is 18.2 Å². The van der Waals surface area contributed by atoms with E-state index in [4.69, 9.17) is 9.47 Å². The molecule has 43 heavy (non-hydrogen) atoms. The molecule has 1 unspecified atom stereocenters. The van der Waals surface area contributed by atoms with Crippen LogP contribution in [-0.2, 0) is 23.3 Å². The summed E-state index contributed by atoms with van der Waals surface area (Å²) in [5, 5.41) is 9.32. The highest BCUT2D eigenvalue weighted by Gasteiger charge is 2.30. The number of nitrogens with zero attached hydrogens (tertiary/aromatic N) is 2. The quantitative estimate of drug-likeness (QED) is 0.156. The molecule has 0 saturated carbocycles. The Morgan fingerprint density at radius 3 is 2.37 bits per heavy atom. The summed E-state index contributed by atoms with van der Waals surface area (Å²) in [6, 6.07) is 14.5. The number of aliphatic carboxylic acids is 1. The third kappa shape index (κ3) is 8.51. The number of benzene rings is 2. The fourth-order valence-electron chi connectivity index (χ4n) is 4.18. The molecule has 11 heteroatoms. The number of rotatable bonds is 12. The maximum absolute atomic E-state index is 13.1. The summed E-state index contributed by atoms with van der Waals surface area (Å²) in [6.07, 6.45) is -4.96. The summed E-state index contributed by atoms with van der Waals surface area (Å²) in [5.74, 6) is 1.41. The molecular weight excluding hydrogens is 597 g/mol. The van der Waals surface area contributed by atoms with Gasteiger partial charge in [0.25, 0.3) is 0 Å². The normalized spacial score (nSPS) is 12.4. The van der Waals surface area contributed by atoms with Gasteiger partial charge in [-0.05, 0) is 67.8 Å². The van der Waals surface area contributed by atoms with E-state index in [0.29, 0.717) is 35.2 Å². The number of hydrogen-bond acceptors (Lipinski definition) is 7. The lowest BCUT2D eigenvalue weighted by Gasteiger charge is -2.15. The van der Waals surface area contributed by atoms with Crippen LogP contribution in [0.1, 0.15) is 66.2 Å². The van der Waals surface area contributed by atoms with E-state index in [1.807, 2.05) is 45.9 Å². The zero-order valence-electron chi connectivity index (χ0n) is 24.5. The average Bonchev–Trinajstić information content (AvgIpc) is 3.36. The molecule has 6 nitrogen and oxygen atoms in total. The van der Waals surface area contributed by atoms with Crippen LogP contribution < -0.4 is 9.47 Å². The fraction of sp³-hybridized carbons (Fsp3) is 0.344. The maximum Gasteiger partial charge on any atom is 0.416 e. The molecule has 1 atom stereocenters. The van der Waals surface area contributed by atoms with Crippen LogP contribution in [0.3, 0.4) is 0 Å². The van der Waals surface area contributed by atoms with Crippen molar-refractivity contribution in [2.45, 2.75) is 76.5 Å². The van der Waals surface area contributed by atoms with E-state index in [0.717, 1.165) is 43.6 Å². The molecule has 2 aromatic heterocycles. The molecule has 0 amide bonds. The number of thioether (sulfide) groups is 1. The molecule has 0 saturated heterocycles. The van der Waals surface area contributed by atoms with Crippen molar-refractivity contribution in [1.29, 1.82) is 0 Å². The predicted molar refractivity (Wildman–Crippen MR) is 163 cm³/mol. The molecule has 2 heterocycles. The van der Waals surface area contributed by atoms with Crippen LogP contribution in [0.25, 0.3) is 10.4 Å². The minimum atomic E-state index is -4.40. The molecule has 0 aliphatic carbocycles. The monoisotopic (exact) mass is 630 g/mol. The number of alkyl halides is 3. The smallest absolute Gasteiger partial charge is 0.416 e. The molecule has 0 radical (unpaired) electrons. The summed E-state index contributed by atoms with van der Waals surface area (Å²) in [7, 11) is 0. The van der Waals surface area contributed by atoms with Crippen LogP contribution in [0.2, 0.25) is 0 Å². The van der Waals surface area contributed by atoms with Gasteiger partial charge in [-0.25, -0.2) is 9.78 Å². The number of ether oxygens (including phenoxy) is 2. The third-order valence-corrected chi connectivity index (χ3v) is 8.99. The number of carboxylic acid groups (broad SMARTS) is 1. The van der Waals surface area contributed by atoms with Crippen LogP contribution in [0.4, 0.5) is 13.2 Å². The van der Waals surface area contributed by atoms with Gasteiger partial charge in [-0.3, -0.25) is 0 Å². The second-order valence-electron chi connectivity index (χ2n) is 10.4. The third-order valence-electron chi connectivity index (χ3n) is 6.57. The molecule has 4 rings (SSSR count). The SMILES string of the molecule is CCC(Oc1ccc(SCc2sc(-c3ccc(C(F)(F)F)cc3)cc2COc2cc(C)nc(C(C)C)n2)cc1C)C(=O)O. The zero-order chi connectivity index (χ0) is 31.3. The molecule has 0 spiro atoms. The first kappa shape index (κ1) is 32.3. The van der Waals surface area contributed by atoms with Crippen LogP contribution >= 0.6 is 23.1 Å². The van der Waals surface area contributed by atoms with Gasteiger partial charge in [0.15, 0.2) is 6.10 Å². The van der Waals surface area contributed by atoms with Crippen molar-refractivity contribution < 1.29 is 32.5 Å².